The molecule has 1 aromatic carbocycles. The second-order valence-corrected chi connectivity index (χ2v) is 3.24. The molecule has 2 nitrogen and oxygen atoms in total. The summed E-state index contributed by atoms with van der Waals surface area (Å²) in [7, 11) is 0. The average Bonchev–Trinajstić information content (AvgIpc) is 2.09. The zero-order valence-electron chi connectivity index (χ0n) is 7.27. The van der Waals surface area contributed by atoms with Crippen molar-refractivity contribution >= 4 is 11.6 Å². The van der Waals surface area contributed by atoms with E-state index in [4.69, 9.17) is 17.3 Å². The number of hydrogen-bond donors (Lipinski definition) is 2. The Morgan fingerprint density at radius 3 is 2.77 bits per heavy atom. The van der Waals surface area contributed by atoms with Crippen molar-refractivity contribution in [2.75, 3.05) is 6.54 Å². The van der Waals surface area contributed by atoms with Crippen molar-refractivity contribution in [3.63, 3.8) is 0 Å². The van der Waals surface area contributed by atoms with Gasteiger partial charge >= 0.3 is 0 Å². The number of aromatic hydroxyl groups is 1. The third kappa shape index (κ3) is 1.92. The molecule has 0 bridgehead atoms. The molecule has 72 valence electrons. The SMILES string of the molecule is Cc1c(F)cc(Cl)c(O)c1CCN. The van der Waals surface area contributed by atoms with E-state index in [0.29, 0.717) is 24.1 Å². The molecule has 0 fully saturated rings. The van der Waals surface area contributed by atoms with Crippen molar-refractivity contribution < 1.29 is 9.50 Å². The molecule has 0 aliphatic heterocycles. The van der Waals surface area contributed by atoms with Crippen LogP contribution in [0.2, 0.25) is 5.02 Å². The van der Waals surface area contributed by atoms with Gasteiger partial charge in [-0.05, 0) is 31.5 Å². The fourth-order valence-corrected chi connectivity index (χ4v) is 1.41. The van der Waals surface area contributed by atoms with Gasteiger partial charge < -0.3 is 10.8 Å². The van der Waals surface area contributed by atoms with Gasteiger partial charge in [0.25, 0.3) is 0 Å². The third-order valence-electron chi connectivity index (χ3n) is 1.97. The van der Waals surface area contributed by atoms with Crippen LogP contribution in [0.1, 0.15) is 11.1 Å². The van der Waals surface area contributed by atoms with Gasteiger partial charge in [0.05, 0.1) is 5.02 Å². The molecule has 0 amide bonds. The quantitative estimate of drug-likeness (QED) is 0.772. The maximum atomic E-state index is 13.1. The molecule has 0 spiro atoms. The fraction of sp³-hybridized carbons (Fsp3) is 0.333. The number of phenols is 1. The van der Waals surface area contributed by atoms with Crippen LogP contribution >= 0.6 is 11.6 Å². The molecule has 0 unspecified atom stereocenters. The van der Waals surface area contributed by atoms with E-state index < -0.39 is 5.82 Å². The lowest BCUT2D eigenvalue weighted by molar-refractivity contribution is 0.464. The number of halogens is 2. The highest BCUT2D eigenvalue weighted by Crippen LogP contribution is 2.31. The zero-order chi connectivity index (χ0) is 10.0. The Bertz CT molecular complexity index is 302. The summed E-state index contributed by atoms with van der Waals surface area (Å²) in [6.07, 6.45) is 0.426. The van der Waals surface area contributed by atoms with Crippen LogP contribution in [0.15, 0.2) is 6.07 Å². The van der Waals surface area contributed by atoms with Crippen LogP contribution in [-0.2, 0) is 6.42 Å². The number of nitrogens with two attached hydrogens (primary N) is 1. The number of rotatable bonds is 2. The van der Waals surface area contributed by atoms with Crippen molar-refractivity contribution in [1.82, 2.24) is 0 Å². The van der Waals surface area contributed by atoms with Crippen LogP contribution < -0.4 is 5.73 Å². The lowest BCUT2D eigenvalue weighted by Crippen LogP contribution is -2.05. The predicted molar refractivity (Wildman–Crippen MR) is 50.6 cm³/mol. The van der Waals surface area contributed by atoms with E-state index in [1.165, 1.54) is 0 Å². The molecule has 0 aliphatic rings. The minimum atomic E-state index is -0.411. The maximum absolute atomic E-state index is 13.1. The van der Waals surface area contributed by atoms with Gasteiger partial charge in [0.15, 0.2) is 0 Å². The zero-order valence-corrected chi connectivity index (χ0v) is 8.03. The first-order valence-electron chi connectivity index (χ1n) is 3.94. The molecule has 0 aromatic heterocycles. The van der Waals surface area contributed by atoms with Crippen molar-refractivity contribution in [3.05, 3.63) is 28.0 Å². The van der Waals surface area contributed by atoms with Crippen LogP contribution in [0, 0.1) is 12.7 Å². The highest BCUT2D eigenvalue weighted by Gasteiger charge is 2.12. The van der Waals surface area contributed by atoms with E-state index >= 15 is 0 Å². The van der Waals surface area contributed by atoms with E-state index in [0.717, 1.165) is 6.07 Å². The number of benzene rings is 1. The average molecular weight is 204 g/mol. The van der Waals surface area contributed by atoms with Crippen molar-refractivity contribution in [3.8, 4) is 5.75 Å². The molecule has 0 radical (unpaired) electrons. The topological polar surface area (TPSA) is 46.2 Å². The molecular weight excluding hydrogens is 193 g/mol. The Balaban J connectivity index is 3.28. The molecule has 0 heterocycles. The highest BCUT2D eigenvalue weighted by molar-refractivity contribution is 6.32. The third-order valence-corrected chi connectivity index (χ3v) is 2.26. The van der Waals surface area contributed by atoms with Gasteiger partial charge in [-0.25, -0.2) is 4.39 Å². The molecule has 4 heteroatoms. The Labute approximate surface area is 81.1 Å². The lowest BCUT2D eigenvalue weighted by Gasteiger charge is -2.09. The van der Waals surface area contributed by atoms with Gasteiger partial charge in [-0.3, -0.25) is 0 Å². The maximum Gasteiger partial charge on any atom is 0.137 e. The number of hydrogen-bond acceptors (Lipinski definition) is 2. The summed E-state index contributed by atoms with van der Waals surface area (Å²) < 4.78 is 13.1. The van der Waals surface area contributed by atoms with Gasteiger partial charge in [-0.15, -0.1) is 0 Å². The monoisotopic (exact) mass is 203 g/mol. The van der Waals surface area contributed by atoms with E-state index in [9.17, 15) is 9.50 Å². The minimum absolute atomic E-state index is 0.0338. The fourth-order valence-electron chi connectivity index (χ4n) is 1.20. The summed E-state index contributed by atoms with van der Waals surface area (Å²) in [4.78, 5) is 0. The lowest BCUT2D eigenvalue weighted by atomic mass is 10.0. The molecule has 1 aromatic rings. The Morgan fingerprint density at radius 2 is 2.23 bits per heavy atom. The first-order valence-corrected chi connectivity index (χ1v) is 4.32. The summed E-state index contributed by atoms with van der Waals surface area (Å²) in [6, 6.07) is 1.10. The predicted octanol–water partition coefficient (Wildman–Crippen LogP) is 1.99. The van der Waals surface area contributed by atoms with E-state index in [1.54, 1.807) is 6.92 Å². The normalized spacial score (nSPS) is 10.5. The van der Waals surface area contributed by atoms with E-state index in [-0.39, 0.29) is 10.8 Å². The van der Waals surface area contributed by atoms with Gasteiger partial charge in [-0.2, -0.15) is 0 Å². The summed E-state index contributed by atoms with van der Waals surface area (Å²) in [6.45, 7) is 1.95. The van der Waals surface area contributed by atoms with Crippen molar-refractivity contribution in [1.29, 1.82) is 0 Å². The second-order valence-electron chi connectivity index (χ2n) is 2.83. The first-order chi connectivity index (χ1) is 6.07. The largest absolute Gasteiger partial charge is 0.506 e. The van der Waals surface area contributed by atoms with Gasteiger partial charge in [0, 0.05) is 5.56 Å². The van der Waals surface area contributed by atoms with Gasteiger partial charge in [0.2, 0.25) is 0 Å². The molecule has 1 rings (SSSR count). The van der Waals surface area contributed by atoms with Crippen LogP contribution in [0.25, 0.3) is 0 Å². The Morgan fingerprint density at radius 1 is 1.62 bits per heavy atom. The molecule has 0 saturated carbocycles. The summed E-state index contributed by atoms with van der Waals surface area (Å²) in [5, 5.41) is 9.51. The second kappa shape index (κ2) is 3.94. The molecule has 0 atom stereocenters. The summed E-state index contributed by atoms with van der Waals surface area (Å²) in [5.74, 6) is -0.475. The van der Waals surface area contributed by atoms with Gasteiger partial charge in [-0.1, -0.05) is 11.6 Å². The number of phenolic OH excluding ortho intramolecular Hbond substituents is 1. The molecule has 0 saturated heterocycles. The van der Waals surface area contributed by atoms with Crippen LogP contribution in [0.5, 0.6) is 5.75 Å². The highest BCUT2D eigenvalue weighted by atomic mass is 35.5. The Hall–Kier alpha value is -0.800. The van der Waals surface area contributed by atoms with E-state index in [2.05, 4.69) is 0 Å². The van der Waals surface area contributed by atoms with Crippen LogP contribution in [-0.4, -0.2) is 11.7 Å². The molecular formula is C9H11ClFNO. The van der Waals surface area contributed by atoms with Crippen LogP contribution in [0.4, 0.5) is 4.39 Å². The molecule has 0 aliphatic carbocycles. The Kier molecular flexibility index (Phi) is 3.12. The van der Waals surface area contributed by atoms with Crippen LogP contribution in [0.3, 0.4) is 0 Å². The molecule has 3 N–H and O–H groups in total. The van der Waals surface area contributed by atoms with Gasteiger partial charge in [0.1, 0.15) is 11.6 Å². The first kappa shape index (κ1) is 10.3. The van der Waals surface area contributed by atoms with E-state index in [1.807, 2.05) is 0 Å². The van der Waals surface area contributed by atoms with Crippen molar-refractivity contribution in [2.45, 2.75) is 13.3 Å². The summed E-state index contributed by atoms with van der Waals surface area (Å²) >= 11 is 5.60. The summed E-state index contributed by atoms with van der Waals surface area (Å²) in [5.41, 5.74) is 6.22. The van der Waals surface area contributed by atoms with Crippen molar-refractivity contribution in [2.24, 2.45) is 5.73 Å². The minimum Gasteiger partial charge on any atom is -0.506 e. The smallest absolute Gasteiger partial charge is 0.137 e. The standard InChI is InChI=1S/C9H11ClFNO/c1-5-6(2-3-12)9(13)7(10)4-8(5)11/h4,13H,2-3,12H2,1H3. The molecule has 13 heavy (non-hydrogen) atoms.